The fraction of sp³-hybridized carbons (Fsp3) is 0.333. The topological polar surface area (TPSA) is 106 Å². The molecule has 0 radical (unpaired) electrons. The molecular formula is C24H25F2N7O2S. The summed E-state index contributed by atoms with van der Waals surface area (Å²) in [5.74, 6) is 0.185. The Morgan fingerprint density at radius 3 is 2.42 bits per heavy atom. The van der Waals surface area contributed by atoms with Crippen LogP contribution in [0.5, 0.6) is 0 Å². The lowest BCUT2D eigenvalue weighted by Gasteiger charge is -2.28. The van der Waals surface area contributed by atoms with E-state index in [9.17, 15) is 17.2 Å². The molecule has 1 aliphatic rings. The number of anilines is 3. The van der Waals surface area contributed by atoms with E-state index in [1.807, 2.05) is 29.4 Å². The van der Waals surface area contributed by atoms with Crippen LogP contribution in [-0.2, 0) is 9.84 Å². The molecule has 12 heteroatoms. The number of imidazole rings is 1. The van der Waals surface area contributed by atoms with Crippen LogP contribution in [0.2, 0.25) is 0 Å². The minimum Gasteiger partial charge on any atom is -0.368 e. The van der Waals surface area contributed by atoms with Gasteiger partial charge < -0.3 is 14.8 Å². The van der Waals surface area contributed by atoms with Gasteiger partial charge >= 0.3 is 0 Å². The number of fused-ring (bicyclic) bond motifs is 1. The average Bonchev–Trinajstić information content (AvgIpc) is 3.17. The number of rotatable bonds is 5. The first-order chi connectivity index (χ1) is 17.1. The van der Waals surface area contributed by atoms with E-state index in [0.29, 0.717) is 30.2 Å². The highest BCUT2D eigenvalue weighted by Crippen LogP contribution is 2.30. The predicted octanol–water partition coefficient (Wildman–Crippen LogP) is 4.03. The summed E-state index contributed by atoms with van der Waals surface area (Å²) in [6.07, 6.45) is 2.66. The van der Waals surface area contributed by atoms with Gasteiger partial charge in [0, 0.05) is 24.7 Å². The summed E-state index contributed by atoms with van der Waals surface area (Å²) in [6, 6.07) is 6.47. The molecule has 9 nitrogen and oxygen atoms in total. The zero-order valence-corrected chi connectivity index (χ0v) is 20.9. The molecule has 4 heterocycles. The smallest absolute Gasteiger partial charge is 0.229 e. The second kappa shape index (κ2) is 9.08. The number of benzene rings is 1. The molecule has 4 aromatic rings. The molecule has 0 spiro atoms. The summed E-state index contributed by atoms with van der Waals surface area (Å²) >= 11 is 0. The maximum Gasteiger partial charge on any atom is 0.229 e. The van der Waals surface area contributed by atoms with Crippen LogP contribution in [0, 0.1) is 18.6 Å². The highest BCUT2D eigenvalue weighted by molar-refractivity contribution is 7.91. The molecule has 1 aliphatic heterocycles. The lowest BCUT2D eigenvalue weighted by Crippen LogP contribution is -2.40. The summed E-state index contributed by atoms with van der Waals surface area (Å²) in [4.78, 5) is 18.9. The number of hydrogen-bond acceptors (Lipinski definition) is 8. The van der Waals surface area contributed by atoms with Crippen LogP contribution in [0.3, 0.4) is 0 Å². The Morgan fingerprint density at radius 1 is 1.00 bits per heavy atom. The Kier molecular flexibility index (Phi) is 6.07. The van der Waals surface area contributed by atoms with Gasteiger partial charge in [0.05, 0.1) is 35.1 Å². The van der Waals surface area contributed by atoms with Crippen molar-refractivity contribution in [2.45, 2.75) is 26.8 Å². The van der Waals surface area contributed by atoms with Crippen LogP contribution in [0.15, 0.2) is 36.7 Å². The monoisotopic (exact) mass is 513 g/mol. The van der Waals surface area contributed by atoms with Crippen molar-refractivity contribution in [2.24, 2.45) is 0 Å². The number of hydrogen-bond donors (Lipinski definition) is 1. The van der Waals surface area contributed by atoms with E-state index in [4.69, 9.17) is 0 Å². The highest BCUT2D eigenvalue weighted by Gasteiger charge is 2.22. The number of nitrogens with zero attached hydrogens (tertiary/aromatic N) is 6. The molecule has 1 aromatic carbocycles. The zero-order valence-electron chi connectivity index (χ0n) is 20.0. The zero-order chi connectivity index (χ0) is 25.6. The van der Waals surface area contributed by atoms with Crippen molar-refractivity contribution >= 4 is 38.3 Å². The number of aryl methyl sites for hydroxylation is 1. The van der Waals surface area contributed by atoms with Crippen LogP contribution in [0.25, 0.3) is 22.3 Å². The van der Waals surface area contributed by atoms with Crippen molar-refractivity contribution in [2.75, 3.05) is 34.8 Å². The summed E-state index contributed by atoms with van der Waals surface area (Å²) in [5.41, 5.74) is 1.82. The molecule has 36 heavy (non-hydrogen) atoms. The molecule has 5 rings (SSSR count). The quantitative estimate of drug-likeness (QED) is 0.426. The number of aromatic nitrogens is 5. The van der Waals surface area contributed by atoms with E-state index in [1.165, 1.54) is 6.07 Å². The molecule has 0 atom stereocenters. The number of halogens is 2. The number of nitrogens with one attached hydrogen (secondary N) is 1. The van der Waals surface area contributed by atoms with Gasteiger partial charge in [0.15, 0.2) is 21.5 Å². The van der Waals surface area contributed by atoms with Gasteiger partial charge in [0.25, 0.3) is 0 Å². The second-order valence-electron chi connectivity index (χ2n) is 9.00. The van der Waals surface area contributed by atoms with E-state index in [-0.39, 0.29) is 40.3 Å². The first-order valence-electron chi connectivity index (χ1n) is 11.5. The van der Waals surface area contributed by atoms with Crippen LogP contribution < -0.4 is 10.2 Å². The van der Waals surface area contributed by atoms with Crippen LogP contribution >= 0.6 is 0 Å². The molecule has 3 aromatic heterocycles. The van der Waals surface area contributed by atoms with Crippen molar-refractivity contribution in [3.05, 3.63) is 54.1 Å². The minimum absolute atomic E-state index is 0.0421. The maximum absolute atomic E-state index is 14.9. The van der Waals surface area contributed by atoms with Crippen molar-refractivity contribution in [3.8, 4) is 11.3 Å². The Morgan fingerprint density at radius 2 is 1.75 bits per heavy atom. The van der Waals surface area contributed by atoms with Crippen LogP contribution in [0.4, 0.5) is 26.2 Å². The van der Waals surface area contributed by atoms with Crippen molar-refractivity contribution < 1.29 is 17.2 Å². The lowest BCUT2D eigenvalue weighted by atomic mass is 10.1. The van der Waals surface area contributed by atoms with Crippen molar-refractivity contribution in [1.82, 2.24) is 24.5 Å². The molecule has 1 fully saturated rings. The van der Waals surface area contributed by atoms with E-state index >= 15 is 0 Å². The summed E-state index contributed by atoms with van der Waals surface area (Å²) < 4.78 is 54.8. The molecule has 188 valence electrons. The molecule has 0 bridgehead atoms. The lowest BCUT2D eigenvalue weighted by molar-refractivity contribution is 0.586. The maximum atomic E-state index is 14.9. The molecule has 0 amide bonds. The Hall–Kier alpha value is -3.67. The van der Waals surface area contributed by atoms with Gasteiger partial charge in [0.1, 0.15) is 22.9 Å². The van der Waals surface area contributed by atoms with Gasteiger partial charge in [0.2, 0.25) is 5.95 Å². The Bertz CT molecular complexity index is 1540. The number of sulfone groups is 1. The first kappa shape index (κ1) is 24.0. The van der Waals surface area contributed by atoms with E-state index in [1.54, 1.807) is 25.3 Å². The van der Waals surface area contributed by atoms with Gasteiger partial charge in [-0.3, -0.25) is 0 Å². The predicted molar refractivity (Wildman–Crippen MR) is 134 cm³/mol. The van der Waals surface area contributed by atoms with Gasteiger partial charge in [-0.25, -0.2) is 37.1 Å². The van der Waals surface area contributed by atoms with Gasteiger partial charge in [-0.15, -0.1) is 0 Å². The minimum atomic E-state index is -2.97. The van der Waals surface area contributed by atoms with Gasteiger partial charge in [-0.2, -0.15) is 0 Å². The summed E-state index contributed by atoms with van der Waals surface area (Å²) in [7, 11) is -2.97. The highest BCUT2D eigenvalue weighted by atomic mass is 32.2. The second-order valence-corrected chi connectivity index (χ2v) is 11.3. The standard InChI is InChI=1S/C24H25F2N7O2S/c1-14(2)33-15(3)29-23-18(25)10-16(11-20(23)33)22-19(26)13-28-24(31-22)30-21-5-4-17(12-27-21)32-6-8-36(34,35)9-7-32/h4-5,10-14H,6-9H2,1-3H3,(H,27,28,30,31). The Labute approximate surface area is 207 Å². The molecule has 0 unspecified atom stereocenters. The molecule has 1 saturated heterocycles. The van der Waals surface area contributed by atoms with E-state index < -0.39 is 21.5 Å². The van der Waals surface area contributed by atoms with Crippen LogP contribution in [-0.4, -0.2) is 57.5 Å². The van der Waals surface area contributed by atoms with Gasteiger partial charge in [-0.1, -0.05) is 0 Å². The third-order valence-corrected chi connectivity index (χ3v) is 7.77. The van der Waals surface area contributed by atoms with E-state index in [2.05, 4.69) is 25.3 Å². The first-order valence-corrected chi connectivity index (χ1v) is 13.3. The normalized spacial score (nSPS) is 15.6. The summed E-state index contributed by atoms with van der Waals surface area (Å²) in [6.45, 7) is 6.57. The Balaban J connectivity index is 1.42. The fourth-order valence-corrected chi connectivity index (χ4v) is 5.62. The summed E-state index contributed by atoms with van der Waals surface area (Å²) in [5, 5.41) is 2.94. The average molecular weight is 514 g/mol. The third kappa shape index (κ3) is 4.60. The van der Waals surface area contributed by atoms with Crippen LogP contribution in [0.1, 0.15) is 25.7 Å². The van der Waals surface area contributed by atoms with Crippen molar-refractivity contribution in [1.29, 1.82) is 0 Å². The van der Waals surface area contributed by atoms with E-state index in [0.717, 1.165) is 11.9 Å². The third-order valence-electron chi connectivity index (χ3n) is 6.16. The number of pyridine rings is 1. The largest absolute Gasteiger partial charge is 0.368 e. The molecule has 0 aliphatic carbocycles. The molecular weight excluding hydrogens is 488 g/mol. The molecule has 0 saturated carbocycles. The SMILES string of the molecule is Cc1nc2c(F)cc(-c3nc(Nc4ccc(N5CCS(=O)(=O)CC5)cn4)ncc3F)cc2n1C(C)C. The molecule has 1 N–H and O–H groups in total. The van der Waals surface area contributed by atoms with Gasteiger partial charge in [-0.05, 0) is 45.0 Å². The fourth-order valence-electron chi connectivity index (χ4n) is 4.42. The van der Waals surface area contributed by atoms with Crippen molar-refractivity contribution in [3.63, 3.8) is 0 Å².